The maximum absolute atomic E-state index is 13.7. The Morgan fingerprint density at radius 1 is 0.872 bits per heavy atom. The molecule has 10 heteroatoms. The van der Waals surface area contributed by atoms with Crippen molar-refractivity contribution in [2.45, 2.75) is 32.2 Å². The van der Waals surface area contributed by atoms with Crippen LogP contribution in [0.3, 0.4) is 0 Å². The van der Waals surface area contributed by atoms with E-state index in [2.05, 4.69) is 10.3 Å². The summed E-state index contributed by atoms with van der Waals surface area (Å²) in [6, 6.07) is 22.4. The van der Waals surface area contributed by atoms with E-state index >= 15 is 0 Å². The molecular formula is C29H26N4O5S. The molecule has 0 saturated carbocycles. The van der Waals surface area contributed by atoms with Gasteiger partial charge >= 0.3 is 0 Å². The Hall–Kier alpha value is -4.70. The van der Waals surface area contributed by atoms with E-state index in [1.807, 2.05) is 12.1 Å². The number of nitro benzene ring substituents is 1. The fraction of sp³-hybridized carbons (Fsp3) is 0.172. The maximum atomic E-state index is 13.7. The number of carbonyl (C=O) groups is 3. The van der Waals surface area contributed by atoms with Crippen LogP contribution in [0.2, 0.25) is 0 Å². The lowest BCUT2D eigenvalue weighted by atomic mass is 10.0. The molecule has 1 N–H and O–H groups in total. The summed E-state index contributed by atoms with van der Waals surface area (Å²) in [4.78, 5) is 57.0. The maximum Gasteiger partial charge on any atom is 0.269 e. The van der Waals surface area contributed by atoms with Crippen LogP contribution in [0.5, 0.6) is 0 Å². The lowest BCUT2D eigenvalue weighted by molar-refractivity contribution is -0.384. The van der Waals surface area contributed by atoms with E-state index in [0.29, 0.717) is 21.8 Å². The van der Waals surface area contributed by atoms with E-state index in [1.165, 1.54) is 35.6 Å². The summed E-state index contributed by atoms with van der Waals surface area (Å²) in [6.07, 6.45) is -0.196. The second-order valence-corrected chi connectivity index (χ2v) is 9.77. The van der Waals surface area contributed by atoms with Gasteiger partial charge in [-0.05, 0) is 23.6 Å². The number of hydrogen-bond acceptors (Lipinski definition) is 7. The van der Waals surface area contributed by atoms with E-state index in [0.717, 1.165) is 10.6 Å². The number of anilines is 1. The summed E-state index contributed by atoms with van der Waals surface area (Å²) in [7, 11) is 0. The molecule has 198 valence electrons. The fourth-order valence-corrected chi connectivity index (χ4v) is 4.77. The third-order valence-electron chi connectivity index (χ3n) is 5.97. The Balaban J connectivity index is 1.71. The molecule has 1 atom stereocenters. The number of imide groups is 1. The Bertz CT molecular complexity index is 1400. The summed E-state index contributed by atoms with van der Waals surface area (Å²) in [6.45, 7) is 1.79. The van der Waals surface area contributed by atoms with E-state index in [1.54, 1.807) is 60.8 Å². The van der Waals surface area contributed by atoms with Gasteiger partial charge in [0.05, 0.1) is 23.5 Å². The number of nitrogens with one attached hydrogen (secondary N) is 1. The van der Waals surface area contributed by atoms with Gasteiger partial charge in [-0.1, -0.05) is 72.8 Å². The van der Waals surface area contributed by atoms with Gasteiger partial charge in [-0.2, -0.15) is 0 Å². The van der Waals surface area contributed by atoms with Crippen molar-refractivity contribution in [1.29, 1.82) is 0 Å². The Morgan fingerprint density at radius 2 is 1.41 bits per heavy atom. The first-order valence-electron chi connectivity index (χ1n) is 12.2. The van der Waals surface area contributed by atoms with E-state index < -0.39 is 28.7 Å². The number of carbonyl (C=O) groups excluding carboxylic acids is 3. The number of thiazole rings is 1. The highest BCUT2D eigenvalue weighted by Gasteiger charge is 2.35. The molecule has 9 nitrogen and oxygen atoms in total. The lowest BCUT2D eigenvalue weighted by Gasteiger charge is -2.29. The van der Waals surface area contributed by atoms with Crippen molar-refractivity contribution in [1.82, 2.24) is 9.88 Å². The van der Waals surface area contributed by atoms with Gasteiger partial charge in [0.15, 0.2) is 5.13 Å². The molecule has 39 heavy (non-hydrogen) atoms. The molecule has 3 aromatic carbocycles. The summed E-state index contributed by atoms with van der Waals surface area (Å²) in [5.41, 5.74) is 2.57. The average Bonchev–Trinajstić information content (AvgIpc) is 3.33. The summed E-state index contributed by atoms with van der Waals surface area (Å²) in [5, 5.41) is 16.0. The fourth-order valence-electron chi connectivity index (χ4n) is 4.08. The van der Waals surface area contributed by atoms with Crippen LogP contribution in [0.25, 0.3) is 0 Å². The van der Waals surface area contributed by atoms with Crippen LogP contribution in [0.15, 0.2) is 90.3 Å². The van der Waals surface area contributed by atoms with Gasteiger partial charge < -0.3 is 5.32 Å². The van der Waals surface area contributed by atoms with Crippen LogP contribution < -0.4 is 5.32 Å². The van der Waals surface area contributed by atoms with Crippen LogP contribution >= 0.6 is 11.3 Å². The zero-order valence-electron chi connectivity index (χ0n) is 21.2. The minimum absolute atomic E-state index is 0.0325. The van der Waals surface area contributed by atoms with Crippen LogP contribution in [0.1, 0.15) is 22.4 Å². The second-order valence-electron chi connectivity index (χ2n) is 8.91. The smallest absolute Gasteiger partial charge is 0.269 e. The SMILES string of the molecule is Cc1csc(NC(=O)C(Cc2ccc([N+](=O)[O-])cc2)N(C(=O)Cc2ccccc2)C(=O)Cc2ccccc2)n1. The van der Waals surface area contributed by atoms with Crippen molar-refractivity contribution in [3.63, 3.8) is 0 Å². The minimum Gasteiger partial charge on any atom is -0.300 e. The number of hydrogen-bond donors (Lipinski definition) is 1. The molecule has 0 spiro atoms. The number of amides is 3. The summed E-state index contributed by atoms with van der Waals surface area (Å²) in [5.74, 6) is -1.63. The molecule has 0 saturated heterocycles. The van der Waals surface area contributed by atoms with Crippen molar-refractivity contribution < 1.29 is 19.3 Å². The van der Waals surface area contributed by atoms with E-state index in [9.17, 15) is 24.5 Å². The number of aryl methyl sites for hydroxylation is 1. The molecule has 1 unspecified atom stereocenters. The molecule has 4 rings (SSSR count). The molecular weight excluding hydrogens is 516 g/mol. The minimum atomic E-state index is -1.22. The van der Waals surface area contributed by atoms with Crippen molar-refractivity contribution in [2.24, 2.45) is 0 Å². The lowest BCUT2D eigenvalue weighted by Crippen LogP contribution is -2.52. The monoisotopic (exact) mass is 542 g/mol. The summed E-state index contributed by atoms with van der Waals surface area (Å²) >= 11 is 1.23. The van der Waals surface area contributed by atoms with Crippen molar-refractivity contribution in [3.8, 4) is 0 Å². The van der Waals surface area contributed by atoms with Crippen LogP contribution in [0.4, 0.5) is 10.8 Å². The third kappa shape index (κ3) is 7.42. The predicted molar refractivity (Wildman–Crippen MR) is 148 cm³/mol. The predicted octanol–water partition coefficient (Wildman–Crippen LogP) is 4.75. The number of nitro groups is 1. The number of rotatable bonds is 10. The van der Waals surface area contributed by atoms with Crippen LogP contribution in [-0.2, 0) is 33.6 Å². The number of aromatic nitrogens is 1. The average molecular weight is 543 g/mol. The Morgan fingerprint density at radius 3 is 1.87 bits per heavy atom. The molecule has 0 radical (unpaired) electrons. The van der Waals surface area contributed by atoms with Crippen molar-refractivity contribution >= 4 is 39.9 Å². The first-order valence-corrected chi connectivity index (χ1v) is 13.1. The molecule has 0 bridgehead atoms. The Labute approximate surface area is 229 Å². The van der Waals surface area contributed by atoms with E-state index in [4.69, 9.17) is 0 Å². The van der Waals surface area contributed by atoms with Gasteiger partial charge in [-0.25, -0.2) is 4.98 Å². The van der Waals surface area contributed by atoms with Crippen molar-refractivity contribution in [3.05, 3.63) is 123 Å². The van der Waals surface area contributed by atoms with Crippen LogP contribution in [-0.4, -0.2) is 38.6 Å². The molecule has 0 aliphatic rings. The first-order chi connectivity index (χ1) is 18.8. The largest absolute Gasteiger partial charge is 0.300 e. The highest BCUT2D eigenvalue weighted by molar-refractivity contribution is 7.13. The highest BCUT2D eigenvalue weighted by atomic mass is 32.1. The summed E-state index contributed by atoms with van der Waals surface area (Å²) < 4.78 is 0. The molecule has 0 aliphatic heterocycles. The van der Waals surface area contributed by atoms with Gasteiger partial charge in [-0.15, -0.1) is 11.3 Å². The molecule has 0 fully saturated rings. The quantitative estimate of drug-likeness (QED) is 0.228. The normalized spacial score (nSPS) is 11.4. The number of non-ortho nitro benzene ring substituents is 1. The zero-order chi connectivity index (χ0) is 27.8. The Kier molecular flexibility index (Phi) is 8.90. The van der Waals surface area contributed by atoms with Gasteiger partial charge in [0, 0.05) is 23.9 Å². The van der Waals surface area contributed by atoms with Gasteiger partial charge in [0.1, 0.15) is 6.04 Å². The van der Waals surface area contributed by atoms with Crippen molar-refractivity contribution in [2.75, 3.05) is 5.32 Å². The standard InChI is InChI=1S/C29H26N4O5S/c1-20-19-39-29(30-20)31-28(36)25(16-23-12-14-24(15-13-23)33(37)38)32(26(34)17-21-8-4-2-5-9-21)27(35)18-22-10-6-3-7-11-22/h2-15,19,25H,16-18H2,1H3,(H,30,31,36). The van der Waals surface area contributed by atoms with Gasteiger partial charge in [-0.3, -0.25) is 29.4 Å². The highest BCUT2D eigenvalue weighted by Crippen LogP contribution is 2.21. The molecule has 1 aromatic heterocycles. The zero-order valence-corrected chi connectivity index (χ0v) is 22.0. The van der Waals surface area contributed by atoms with E-state index in [-0.39, 0.29) is 24.9 Å². The second kappa shape index (κ2) is 12.7. The molecule has 4 aromatic rings. The topological polar surface area (TPSA) is 123 Å². The molecule has 3 amide bonds. The number of benzene rings is 3. The van der Waals surface area contributed by atoms with Crippen LogP contribution in [0, 0.1) is 17.0 Å². The molecule has 0 aliphatic carbocycles. The third-order valence-corrected chi connectivity index (χ3v) is 6.85. The number of nitrogens with zero attached hydrogens (tertiary/aromatic N) is 3. The first kappa shape index (κ1) is 27.3. The molecule has 1 heterocycles. The van der Waals surface area contributed by atoms with Gasteiger partial charge in [0.25, 0.3) is 5.69 Å². The van der Waals surface area contributed by atoms with Gasteiger partial charge in [0.2, 0.25) is 17.7 Å².